The summed E-state index contributed by atoms with van der Waals surface area (Å²) in [6.45, 7) is -1.13. The van der Waals surface area contributed by atoms with E-state index in [-0.39, 0.29) is 17.1 Å². The highest BCUT2D eigenvalue weighted by Crippen LogP contribution is 2.46. The van der Waals surface area contributed by atoms with Gasteiger partial charge in [0.25, 0.3) is 0 Å². The Labute approximate surface area is 192 Å². The molecular weight excluding hydrogens is 436 g/mol. The lowest BCUT2D eigenvalue weighted by Gasteiger charge is -2.27. The molecule has 0 aliphatic heterocycles. The summed E-state index contributed by atoms with van der Waals surface area (Å²) < 4.78 is 26.9. The van der Waals surface area contributed by atoms with Crippen molar-refractivity contribution in [2.75, 3.05) is 48.8 Å². The Kier molecular flexibility index (Phi) is 9.56. The van der Waals surface area contributed by atoms with Crippen molar-refractivity contribution in [3.05, 3.63) is 41.0 Å². The van der Waals surface area contributed by atoms with Crippen LogP contribution in [0.25, 0.3) is 0 Å². The van der Waals surface area contributed by atoms with E-state index in [9.17, 15) is 20.4 Å². The number of hydrogen-bond acceptors (Lipinski definition) is 10. The van der Waals surface area contributed by atoms with Gasteiger partial charge >= 0.3 is 0 Å². The molecule has 0 spiro atoms. The molecule has 2 aromatic rings. The lowest BCUT2D eigenvalue weighted by Crippen LogP contribution is -2.23. The maximum absolute atomic E-state index is 11.2. The monoisotopic (exact) mass is 468 g/mol. The number of hydrogen-bond donors (Lipinski definition) is 5. The second-order valence-electron chi connectivity index (χ2n) is 7.23. The number of ether oxygens (including phenoxy) is 5. The Hall–Kier alpha value is -2.76. The van der Waals surface area contributed by atoms with Gasteiger partial charge in [-0.25, -0.2) is 0 Å². The molecule has 0 heterocycles. The van der Waals surface area contributed by atoms with Crippen molar-refractivity contribution in [2.45, 2.75) is 24.2 Å². The lowest BCUT2D eigenvalue weighted by molar-refractivity contribution is -0.0154. The zero-order valence-corrected chi connectivity index (χ0v) is 19.3. The van der Waals surface area contributed by atoms with E-state index >= 15 is 0 Å². The maximum Gasteiger partial charge on any atom is 0.203 e. The van der Waals surface area contributed by atoms with Gasteiger partial charge in [-0.05, 0) is 35.4 Å². The molecular formula is C23H32O10. The van der Waals surface area contributed by atoms with E-state index in [1.165, 1.54) is 47.7 Å². The Morgan fingerprint density at radius 2 is 1.03 bits per heavy atom. The van der Waals surface area contributed by atoms with Gasteiger partial charge in [0.15, 0.2) is 11.5 Å². The van der Waals surface area contributed by atoms with Gasteiger partial charge in [0, 0.05) is 11.5 Å². The SMILES string of the molecule is COc1cc([C@@H](O)[C@@H](CO)c2c(OC)cc([C@H](O)[C@H](O)CO)cc2OC)cc(OC)c1OC. The van der Waals surface area contributed by atoms with Gasteiger partial charge in [-0.1, -0.05) is 0 Å². The molecule has 5 N–H and O–H groups in total. The van der Waals surface area contributed by atoms with Gasteiger partial charge in [0.05, 0.1) is 54.9 Å². The predicted molar refractivity (Wildman–Crippen MR) is 118 cm³/mol. The molecule has 0 fully saturated rings. The Morgan fingerprint density at radius 1 is 0.606 bits per heavy atom. The van der Waals surface area contributed by atoms with Crippen LogP contribution in [0.15, 0.2) is 24.3 Å². The molecule has 184 valence electrons. The van der Waals surface area contributed by atoms with Crippen molar-refractivity contribution >= 4 is 0 Å². The summed E-state index contributed by atoms with van der Waals surface area (Å²) >= 11 is 0. The van der Waals surface area contributed by atoms with Crippen LogP contribution in [0, 0.1) is 0 Å². The predicted octanol–water partition coefficient (Wildman–Crippen LogP) is 0.926. The molecule has 10 heteroatoms. The van der Waals surface area contributed by atoms with Gasteiger partial charge < -0.3 is 49.2 Å². The van der Waals surface area contributed by atoms with Crippen LogP contribution >= 0.6 is 0 Å². The zero-order chi connectivity index (χ0) is 24.7. The van der Waals surface area contributed by atoms with E-state index < -0.39 is 37.4 Å². The normalized spacial score (nSPS) is 14.7. The summed E-state index contributed by atoms with van der Waals surface area (Å²) in [5.74, 6) is 0.522. The molecule has 0 bridgehead atoms. The highest BCUT2D eigenvalue weighted by Gasteiger charge is 2.32. The van der Waals surface area contributed by atoms with E-state index in [0.29, 0.717) is 28.4 Å². The first-order valence-corrected chi connectivity index (χ1v) is 10.1. The average Bonchev–Trinajstić information content (AvgIpc) is 2.86. The van der Waals surface area contributed by atoms with Crippen molar-refractivity contribution in [3.8, 4) is 28.7 Å². The van der Waals surface area contributed by atoms with Crippen LogP contribution in [-0.2, 0) is 0 Å². The minimum absolute atomic E-state index is 0.207. The van der Waals surface area contributed by atoms with Crippen LogP contribution in [0.4, 0.5) is 0 Å². The van der Waals surface area contributed by atoms with Crippen molar-refractivity contribution < 1.29 is 49.2 Å². The van der Waals surface area contributed by atoms with Crippen LogP contribution < -0.4 is 23.7 Å². The molecule has 2 aromatic carbocycles. The molecule has 10 nitrogen and oxygen atoms in total. The Morgan fingerprint density at radius 3 is 1.39 bits per heavy atom. The van der Waals surface area contributed by atoms with Crippen LogP contribution in [0.3, 0.4) is 0 Å². The molecule has 0 aliphatic carbocycles. The number of aliphatic hydroxyl groups excluding tert-OH is 5. The topological polar surface area (TPSA) is 147 Å². The molecule has 2 rings (SSSR count). The number of rotatable bonds is 12. The van der Waals surface area contributed by atoms with Gasteiger partial charge in [-0.2, -0.15) is 0 Å². The fourth-order valence-corrected chi connectivity index (χ4v) is 3.67. The molecule has 0 aliphatic rings. The maximum atomic E-state index is 11.2. The van der Waals surface area contributed by atoms with Crippen LogP contribution in [0.2, 0.25) is 0 Å². The first kappa shape index (κ1) is 26.5. The minimum atomic E-state index is -1.41. The molecule has 0 radical (unpaired) electrons. The molecule has 0 aromatic heterocycles. The second kappa shape index (κ2) is 11.9. The van der Waals surface area contributed by atoms with Crippen molar-refractivity contribution in [1.82, 2.24) is 0 Å². The average molecular weight is 468 g/mol. The molecule has 33 heavy (non-hydrogen) atoms. The third-order valence-electron chi connectivity index (χ3n) is 5.44. The number of aliphatic hydroxyl groups is 5. The molecule has 0 amide bonds. The standard InChI is InChI=1S/C23H32O10/c1-29-16-6-13(22(28)15(26)11-25)7-17(30-2)20(16)14(10-24)21(27)12-8-18(31-3)23(33-5)19(9-12)32-4/h6-9,14-15,21-22,24-28H,10-11H2,1-5H3/t14-,15+,21+,22-/m0/s1. The third-order valence-corrected chi connectivity index (χ3v) is 5.44. The molecule has 4 atom stereocenters. The van der Waals surface area contributed by atoms with Crippen LogP contribution in [-0.4, -0.2) is 80.4 Å². The van der Waals surface area contributed by atoms with E-state index in [1.807, 2.05) is 0 Å². The van der Waals surface area contributed by atoms with Gasteiger partial charge in [-0.3, -0.25) is 0 Å². The van der Waals surface area contributed by atoms with Crippen LogP contribution in [0.1, 0.15) is 34.8 Å². The largest absolute Gasteiger partial charge is 0.496 e. The second-order valence-corrected chi connectivity index (χ2v) is 7.23. The first-order valence-electron chi connectivity index (χ1n) is 10.1. The van der Waals surface area contributed by atoms with Crippen LogP contribution in [0.5, 0.6) is 28.7 Å². The summed E-state index contributed by atoms with van der Waals surface area (Å²) in [6, 6.07) is 6.05. The van der Waals surface area contributed by atoms with Gasteiger partial charge in [0.1, 0.15) is 23.7 Å². The van der Waals surface area contributed by atoms with E-state index in [0.717, 1.165) is 0 Å². The Balaban J connectivity index is 2.62. The quantitative estimate of drug-likeness (QED) is 0.305. The lowest BCUT2D eigenvalue weighted by atomic mass is 9.86. The molecule has 0 saturated heterocycles. The van der Waals surface area contributed by atoms with Crippen molar-refractivity contribution in [1.29, 1.82) is 0 Å². The fraction of sp³-hybridized carbons (Fsp3) is 0.478. The summed E-state index contributed by atoms with van der Waals surface area (Å²) in [6.07, 6.45) is -4.06. The zero-order valence-electron chi connectivity index (χ0n) is 19.3. The Bertz CT molecular complexity index is 866. The summed E-state index contributed by atoms with van der Waals surface area (Å²) in [5, 5.41) is 50.7. The van der Waals surface area contributed by atoms with E-state index in [4.69, 9.17) is 28.8 Å². The van der Waals surface area contributed by atoms with E-state index in [2.05, 4.69) is 0 Å². The minimum Gasteiger partial charge on any atom is -0.496 e. The fourth-order valence-electron chi connectivity index (χ4n) is 3.67. The van der Waals surface area contributed by atoms with E-state index in [1.54, 1.807) is 12.1 Å². The summed E-state index contributed by atoms with van der Waals surface area (Å²) in [5.41, 5.74) is 0.957. The first-order chi connectivity index (χ1) is 15.8. The highest BCUT2D eigenvalue weighted by atomic mass is 16.5. The van der Waals surface area contributed by atoms with Crippen molar-refractivity contribution in [3.63, 3.8) is 0 Å². The van der Waals surface area contributed by atoms with Gasteiger partial charge in [-0.15, -0.1) is 0 Å². The third kappa shape index (κ3) is 5.43. The molecule has 0 unspecified atom stereocenters. The summed E-state index contributed by atoms with van der Waals surface area (Å²) in [4.78, 5) is 0. The summed E-state index contributed by atoms with van der Waals surface area (Å²) in [7, 11) is 7.14. The van der Waals surface area contributed by atoms with Crippen molar-refractivity contribution in [2.24, 2.45) is 0 Å². The smallest absolute Gasteiger partial charge is 0.203 e. The molecule has 0 saturated carbocycles. The highest BCUT2D eigenvalue weighted by molar-refractivity contribution is 5.56. The number of benzene rings is 2. The van der Waals surface area contributed by atoms with Gasteiger partial charge in [0.2, 0.25) is 5.75 Å². The number of methoxy groups -OCH3 is 5.